The highest BCUT2D eigenvalue weighted by Crippen LogP contribution is 2.36. The van der Waals surface area contributed by atoms with Crippen LogP contribution in [0.5, 0.6) is 5.75 Å². The third kappa shape index (κ3) is 4.02. The molecule has 5 rings (SSSR count). The Bertz CT molecular complexity index is 1670. The first-order chi connectivity index (χ1) is 17.5. The Kier molecular flexibility index (Phi) is 6.08. The van der Waals surface area contributed by atoms with Crippen LogP contribution in [0.25, 0.3) is 33.1 Å². The van der Waals surface area contributed by atoms with Crippen LogP contribution < -0.4 is 10.3 Å². The lowest BCUT2D eigenvalue weighted by Gasteiger charge is -2.09. The number of esters is 2. The van der Waals surface area contributed by atoms with Crippen molar-refractivity contribution < 1.29 is 23.5 Å². The number of hydrogen-bond acceptors (Lipinski definition) is 7. The lowest BCUT2D eigenvalue weighted by molar-refractivity contribution is 0.0528. The number of ether oxygens (including phenoxy) is 2. The van der Waals surface area contributed by atoms with E-state index in [1.807, 2.05) is 30.3 Å². The van der Waals surface area contributed by atoms with Crippen molar-refractivity contribution in [1.82, 2.24) is 9.78 Å². The number of rotatable bonds is 6. The lowest BCUT2D eigenvalue weighted by Crippen LogP contribution is -2.26. The molecule has 3 aromatic carbocycles. The van der Waals surface area contributed by atoms with Gasteiger partial charge in [0.1, 0.15) is 22.7 Å². The van der Waals surface area contributed by atoms with Crippen LogP contribution in [0.3, 0.4) is 0 Å². The molecule has 0 aliphatic rings. The molecule has 0 radical (unpaired) electrons. The van der Waals surface area contributed by atoms with Crippen LogP contribution in [0.15, 0.2) is 82.0 Å². The van der Waals surface area contributed by atoms with Gasteiger partial charge in [0.2, 0.25) is 0 Å². The number of carbonyl (C=O) groups excluding carboxylic acids is 2. The molecule has 0 fully saturated rings. The van der Waals surface area contributed by atoms with Crippen molar-refractivity contribution in [1.29, 1.82) is 0 Å². The van der Waals surface area contributed by atoms with Crippen LogP contribution in [0.2, 0.25) is 0 Å². The van der Waals surface area contributed by atoms with Gasteiger partial charge in [-0.05, 0) is 38.1 Å². The average molecular weight is 482 g/mol. The Hall–Kier alpha value is -4.72. The Morgan fingerprint density at radius 3 is 2.33 bits per heavy atom. The summed E-state index contributed by atoms with van der Waals surface area (Å²) in [6.07, 6.45) is 0. The summed E-state index contributed by atoms with van der Waals surface area (Å²) in [4.78, 5) is 38.7. The molecule has 2 aromatic heterocycles. The van der Waals surface area contributed by atoms with Crippen molar-refractivity contribution in [2.45, 2.75) is 20.4 Å². The van der Waals surface area contributed by atoms with E-state index in [2.05, 4.69) is 5.10 Å². The molecule has 0 aliphatic carbocycles. The highest BCUT2D eigenvalue weighted by atomic mass is 16.5. The predicted molar refractivity (Wildman–Crippen MR) is 134 cm³/mol. The fourth-order valence-corrected chi connectivity index (χ4v) is 4.09. The summed E-state index contributed by atoms with van der Waals surface area (Å²) >= 11 is 0. The van der Waals surface area contributed by atoms with Crippen molar-refractivity contribution >= 4 is 33.7 Å². The molecule has 36 heavy (non-hydrogen) atoms. The molecule has 2 heterocycles. The first-order valence-corrected chi connectivity index (χ1v) is 11.5. The van der Waals surface area contributed by atoms with Crippen LogP contribution in [0.4, 0.5) is 0 Å². The number of hydrogen-bond donors (Lipinski definition) is 0. The Balaban J connectivity index is 1.59. The molecule has 0 saturated carbocycles. The van der Waals surface area contributed by atoms with Gasteiger partial charge in [-0.25, -0.2) is 14.3 Å². The van der Waals surface area contributed by atoms with Gasteiger partial charge in [0.15, 0.2) is 5.69 Å². The zero-order valence-corrected chi connectivity index (χ0v) is 19.7. The normalized spacial score (nSPS) is 11.1. The number of aromatic nitrogens is 2. The molecule has 8 heteroatoms. The van der Waals surface area contributed by atoms with Crippen molar-refractivity contribution in [3.05, 3.63) is 94.4 Å². The van der Waals surface area contributed by atoms with E-state index in [4.69, 9.17) is 13.9 Å². The maximum absolute atomic E-state index is 13.2. The third-order valence-corrected chi connectivity index (χ3v) is 5.75. The SMILES string of the molecule is CCOC(=O)c1c(-c2ccccc2)oc2ccc(OC(=O)c3nn(CC)c(=O)c4ccccc34)cc12. The van der Waals surface area contributed by atoms with Crippen LogP contribution in [-0.4, -0.2) is 28.3 Å². The second-order valence-corrected chi connectivity index (χ2v) is 7.96. The average Bonchev–Trinajstić information content (AvgIpc) is 3.28. The summed E-state index contributed by atoms with van der Waals surface area (Å²) in [5.74, 6) is -0.702. The highest BCUT2D eigenvalue weighted by Gasteiger charge is 2.25. The molecule has 0 saturated heterocycles. The second kappa shape index (κ2) is 9.50. The van der Waals surface area contributed by atoms with E-state index < -0.39 is 11.9 Å². The number of aryl methyl sites for hydroxylation is 1. The minimum atomic E-state index is -0.725. The quantitative estimate of drug-likeness (QED) is 0.241. The van der Waals surface area contributed by atoms with Gasteiger partial charge in [-0.1, -0.05) is 48.5 Å². The maximum Gasteiger partial charge on any atom is 0.364 e. The van der Waals surface area contributed by atoms with Gasteiger partial charge in [-0.3, -0.25) is 4.79 Å². The Labute approximate surface area is 205 Å². The molecular weight excluding hydrogens is 460 g/mol. The highest BCUT2D eigenvalue weighted by molar-refractivity contribution is 6.09. The molecule has 0 unspecified atom stereocenters. The number of nitrogens with zero attached hydrogens (tertiary/aromatic N) is 2. The van der Waals surface area contributed by atoms with Gasteiger partial charge in [0, 0.05) is 22.9 Å². The predicted octanol–water partition coefficient (Wildman–Crippen LogP) is 5.23. The fraction of sp³-hybridized carbons (Fsp3) is 0.143. The van der Waals surface area contributed by atoms with Gasteiger partial charge >= 0.3 is 11.9 Å². The minimum Gasteiger partial charge on any atom is -0.462 e. The van der Waals surface area contributed by atoms with Gasteiger partial charge in [-0.15, -0.1) is 0 Å². The molecule has 5 aromatic rings. The lowest BCUT2D eigenvalue weighted by atomic mass is 10.1. The van der Waals surface area contributed by atoms with E-state index in [1.54, 1.807) is 56.3 Å². The molecule has 180 valence electrons. The number of fused-ring (bicyclic) bond motifs is 2. The first kappa shape index (κ1) is 23.0. The van der Waals surface area contributed by atoms with Crippen LogP contribution in [0.1, 0.15) is 34.7 Å². The molecule has 0 amide bonds. The molecule has 0 spiro atoms. The Morgan fingerprint density at radius 2 is 1.61 bits per heavy atom. The third-order valence-electron chi connectivity index (χ3n) is 5.75. The smallest absolute Gasteiger partial charge is 0.364 e. The molecule has 0 bridgehead atoms. The van der Waals surface area contributed by atoms with Crippen molar-refractivity contribution in [3.8, 4) is 17.1 Å². The van der Waals surface area contributed by atoms with Crippen molar-refractivity contribution in [3.63, 3.8) is 0 Å². The summed E-state index contributed by atoms with van der Waals surface area (Å²) in [6, 6.07) is 20.8. The van der Waals surface area contributed by atoms with Crippen LogP contribution >= 0.6 is 0 Å². The first-order valence-electron chi connectivity index (χ1n) is 11.5. The summed E-state index contributed by atoms with van der Waals surface area (Å²) < 4.78 is 18.2. The van der Waals surface area contributed by atoms with Gasteiger partial charge in [-0.2, -0.15) is 5.10 Å². The number of carbonyl (C=O) groups is 2. The standard InChI is InChI=1S/C28H22N2O6/c1-3-30-26(31)20-13-9-8-12-19(20)24(29-30)28(33)35-18-14-15-22-21(16-18)23(27(32)34-4-2)25(36-22)17-10-6-5-7-11-17/h5-16H,3-4H2,1-2H3. The summed E-state index contributed by atoms with van der Waals surface area (Å²) in [7, 11) is 0. The van der Waals surface area contributed by atoms with E-state index in [1.165, 1.54) is 4.68 Å². The topological polar surface area (TPSA) is 101 Å². The summed E-state index contributed by atoms with van der Waals surface area (Å²) in [5, 5.41) is 5.46. The van der Waals surface area contributed by atoms with Crippen molar-refractivity contribution in [2.75, 3.05) is 6.61 Å². The second-order valence-electron chi connectivity index (χ2n) is 7.96. The Morgan fingerprint density at radius 1 is 0.889 bits per heavy atom. The van der Waals surface area contributed by atoms with Crippen LogP contribution in [0, 0.1) is 0 Å². The zero-order chi connectivity index (χ0) is 25.2. The van der Waals surface area contributed by atoms with Gasteiger partial charge < -0.3 is 13.9 Å². The van der Waals surface area contributed by atoms with E-state index in [0.717, 1.165) is 0 Å². The summed E-state index contributed by atoms with van der Waals surface area (Å²) in [5.41, 5.74) is 1.15. The van der Waals surface area contributed by atoms with Crippen molar-refractivity contribution in [2.24, 2.45) is 0 Å². The van der Waals surface area contributed by atoms with E-state index >= 15 is 0 Å². The summed E-state index contributed by atoms with van der Waals surface area (Å²) in [6.45, 7) is 3.99. The zero-order valence-electron chi connectivity index (χ0n) is 19.7. The fourth-order valence-electron chi connectivity index (χ4n) is 4.09. The minimum absolute atomic E-state index is 0.0231. The number of furan rings is 1. The molecule has 0 N–H and O–H groups in total. The van der Waals surface area contributed by atoms with Crippen LogP contribution in [-0.2, 0) is 11.3 Å². The maximum atomic E-state index is 13.2. The van der Waals surface area contributed by atoms with Gasteiger partial charge in [0.05, 0.1) is 12.0 Å². The largest absolute Gasteiger partial charge is 0.462 e. The molecule has 8 nitrogen and oxygen atoms in total. The monoisotopic (exact) mass is 482 g/mol. The number of benzene rings is 3. The van der Waals surface area contributed by atoms with E-state index in [0.29, 0.717) is 39.6 Å². The molecule has 0 atom stereocenters. The van der Waals surface area contributed by atoms with E-state index in [9.17, 15) is 14.4 Å². The van der Waals surface area contributed by atoms with E-state index in [-0.39, 0.29) is 29.2 Å². The molecule has 0 aliphatic heterocycles. The van der Waals surface area contributed by atoms with Gasteiger partial charge in [0.25, 0.3) is 5.56 Å². The molecular formula is C28H22N2O6.